The molecule has 0 saturated heterocycles. The van der Waals surface area contributed by atoms with Gasteiger partial charge in [0.2, 0.25) is 5.82 Å². The van der Waals surface area contributed by atoms with E-state index in [1.807, 2.05) is 0 Å². The van der Waals surface area contributed by atoms with Gasteiger partial charge in [0.1, 0.15) is 0 Å². The Balaban J connectivity index is 2.53. The SMILES string of the molecule is CC#CC(CC)OC(=O)CCC(=O)Oc1ccc(F)c(F)c1F. The van der Waals surface area contributed by atoms with E-state index in [9.17, 15) is 22.8 Å². The highest BCUT2D eigenvalue weighted by Crippen LogP contribution is 2.22. The summed E-state index contributed by atoms with van der Waals surface area (Å²) in [5, 5.41) is 0. The smallest absolute Gasteiger partial charge is 0.311 e. The van der Waals surface area contributed by atoms with Gasteiger partial charge in [0.25, 0.3) is 0 Å². The third-order valence-electron chi connectivity index (χ3n) is 2.71. The normalized spacial score (nSPS) is 11.2. The first-order valence-corrected chi connectivity index (χ1v) is 6.85. The van der Waals surface area contributed by atoms with E-state index in [0.29, 0.717) is 12.5 Å². The Hall–Kier alpha value is -2.49. The molecule has 1 unspecified atom stereocenters. The summed E-state index contributed by atoms with van der Waals surface area (Å²) >= 11 is 0. The van der Waals surface area contributed by atoms with Crippen molar-refractivity contribution in [3.63, 3.8) is 0 Å². The van der Waals surface area contributed by atoms with Gasteiger partial charge in [-0.2, -0.15) is 4.39 Å². The van der Waals surface area contributed by atoms with Gasteiger partial charge in [-0.15, -0.1) is 5.92 Å². The molecule has 0 fully saturated rings. The van der Waals surface area contributed by atoms with E-state index in [1.165, 1.54) is 0 Å². The highest BCUT2D eigenvalue weighted by molar-refractivity contribution is 5.79. The molecule has 23 heavy (non-hydrogen) atoms. The van der Waals surface area contributed by atoms with Crippen LogP contribution in [0.25, 0.3) is 0 Å². The van der Waals surface area contributed by atoms with Crippen LogP contribution in [0.4, 0.5) is 13.2 Å². The van der Waals surface area contributed by atoms with Gasteiger partial charge in [-0.3, -0.25) is 9.59 Å². The van der Waals surface area contributed by atoms with Crippen molar-refractivity contribution in [1.82, 2.24) is 0 Å². The Bertz CT molecular complexity index is 647. The number of hydrogen-bond donors (Lipinski definition) is 0. The largest absolute Gasteiger partial charge is 0.449 e. The molecule has 1 atom stereocenters. The molecule has 124 valence electrons. The van der Waals surface area contributed by atoms with Gasteiger partial charge in [-0.05, 0) is 25.5 Å². The predicted molar refractivity (Wildman–Crippen MR) is 74.8 cm³/mol. The van der Waals surface area contributed by atoms with Crippen LogP contribution in [-0.4, -0.2) is 18.0 Å². The van der Waals surface area contributed by atoms with Crippen molar-refractivity contribution in [2.75, 3.05) is 0 Å². The number of benzene rings is 1. The van der Waals surface area contributed by atoms with Gasteiger partial charge in [0.05, 0.1) is 12.8 Å². The minimum absolute atomic E-state index is 0.300. The van der Waals surface area contributed by atoms with E-state index in [2.05, 4.69) is 16.6 Å². The molecule has 0 aliphatic heterocycles. The van der Waals surface area contributed by atoms with Crippen molar-refractivity contribution < 1.29 is 32.2 Å². The molecule has 0 aliphatic rings. The summed E-state index contributed by atoms with van der Waals surface area (Å²) in [6, 6.07) is 1.42. The molecule has 1 aromatic rings. The fourth-order valence-electron chi connectivity index (χ4n) is 1.56. The van der Waals surface area contributed by atoms with Crippen molar-refractivity contribution in [2.45, 2.75) is 39.2 Å². The first kappa shape index (κ1) is 18.6. The number of halogens is 3. The van der Waals surface area contributed by atoms with Crippen LogP contribution >= 0.6 is 0 Å². The Labute approximate surface area is 131 Å². The van der Waals surface area contributed by atoms with Gasteiger partial charge in [-0.1, -0.05) is 12.8 Å². The van der Waals surface area contributed by atoms with Crippen LogP contribution in [0.5, 0.6) is 5.75 Å². The molecule has 4 nitrogen and oxygen atoms in total. The van der Waals surface area contributed by atoms with E-state index >= 15 is 0 Å². The van der Waals surface area contributed by atoms with Crippen molar-refractivity contribution in [3.05, 3.63) is 29.6 Å². The molecule has 0 aromatic heterocycles. The second kappa shape index (κ2) is 8.83. The Morgan fingerprint density at radius 2 is 1.78 bits per heavy atom. The van der Waals surface area contributed by atoms with E-state index in [-0.39, 0.29) is 6.42 Å². The summed E-state index contributed by atoms with van der Waals surface area (Å²) in [5.41, 5.74) is 0. The quantitative estimate of drug-likeness (QED) is 0.348. The number of esters is 2. The molecule has 1 rings (SSSR count). The maximum Gasteiger partial charge on any atom is 0.311 e. The van der Waals surface area contributed by atoms with Gasteiger partial charge < -0.3 is 9.47 Å². The van der Waals surface area contributed by atoms with Crippen LogP contribution in [0, 0.1) is 29.3 Å². The van der Waals surface area contributed by atoms with Gasteiger partial charge in [-0.25, -0.2) is 8.78 Å². The lowest BCUT2D eigenvalue weighted by molar-refractivity contribution is -0.149. The Morgan fingerprint density at radius 3 is 2.39 bits per heavy atom. The third kappa shape index (κ3) is 5.66. The van der Waals surface area contributed by atoms with Crippen LogP contribution in [-0.2, 0) is 14.3 Å². The maximum absolute atomic E-state index is 13.3. The molecule has 0 bridgehead atoms. The van der Waals surface area contributed by atoms with E-state index in [1.54, 1.807) is 13.8 Å². The van der Waals surface area contributed by atoms with E-state index in [0.717, 1.165) is 6.07 Å². The highest BCUT2D eigenvalue weighted by atomic mass is 19.2. The third-order valence-corrected chi connectivity index (χ3v) is 2.71. The average Bonchev–Trinajstić information content (AvgIpc) is 2.53. The number of carbonyl (C=O) groups excluding carboxylic acids is 2. The topological polar surface area (TPSA) is 52.6 Å². The van der Waals surface area contributed by atoms with Gasteiger partial charge >= 0.3 is 11.9 Å². The highest BCUT2D eigenvalue weighted by Gasteiger charge is 2.18. The summed E-state index contributed by atoms with van der Waals surface area (Å²) in [6.45, 7) is 3.38. The first-order chi connectivity index (χ1) is 10.9. The fourth-order valence-corrected chi connectivity index (χ4v) is 1.56. The van der Waals surface area contributed by atoms with Crippen LogP contribution in [0.3, 0.4) is 0 Å². The summed E-state index contributed by atoms with van der Waals surface area (Å²) < 4.78 is 48.6. The Morgan fingerprint density at radius 1 is 1.13 bits per heavy atom. The summed E-state index contributed by atoms with van der Waals surface area (Å²) in [6.07, 6.45) is -0.761. The second-order valence-corrected chi connectivity index (χ2v) is 4.43. The van der Waals surface area contributed by atoms with Crippen molar-refractivity contribution in [3.8, 4) is 17.6 Å². The summed E-state index contributed by atoms with van der Waals surface area (Å²) in [5.74, 6) is -1.83. The molecule has 0 N–H and O–H groups in total. The molecule has 0 aliphatic carbocycles. The van der Waals surface area contributed by atoms with Crippen molar-refractivity contribution in [1.29, 1.82) is 0 Å². The molecule has 0 radical (unpaired) electrons. The zero-order valence-corrected chi connectivity index (χ0v) is 12.6. The van der Waals surface area contributed by atoms with Gasteiger partial charge in [0.15, 0.2) is 23.5 Å². The van der Waals surface area contributed by atoms with Crippen LogP contribution in [0.15, 0.2) is 12.1 Å². The summed E-state index contributed by atoms with van der Waals surface area (Å²) in [7, 11) is 0. The monoisotopic (exact) mass is 328 g/mol. The fraction of sp³-hybridized carbons (Fsp3) is 0.375. The lowest BCUT2D eigenvalue weighted by atomic mass is 10.2. The zero-order chi connectivity index (χ0) is 17.4. The minimum Gasteiger partial charge on any atom is -0.449 e. The number of hydrogen-bond acceptors (Lipinski definition) is 4. The zero-order valence-electron chi connectivity index (χ0n) is 12.6. The predicted octanol–water partition coefficient (Wildman–Crippen LogP) is 3.13. The number of rotatable bonds is 6. The lowest BCUT2D eigenvalue weighted by Gasteiger charge is -2.10. The van der Waals surface area contributed by atoms with Crippen LogP contribution in [0.2, 0.25) is 0 Å². The van der Waals surface area contributed by atoms with Crippen molar-refractivity contribution in [2.24, 2.45) is 0 Å². The molecular weight excluding hydrogens is 313 g/mol. The summed E-state index contributed by atoms with van der Waals surface area (Å²) in [4.78, 5) is 23.0. The molecular formula is C16H15F3O4. The molecule has 1 aromatic carbocycles. The van der Waals surface area contributed by atoms with E-state index in [4.69, 9.17) is 4.74 Å². The van der Waals surface area contributed by atoms with E-state index < -0.39 is 47.7 Å². The standard InChI is InChI=1S/C16H15F3O4/c1-3-5-10(4-2)22-13(20)8-9-14(21)23-12-7-6-11(17)15(18)16(12)19/h6-7,10H,4,8-9H2,1-2H3. The maximum atomic E-state index is 13.3. The first-order valence-electron chi connectivity index (χ1n) is 6.85. The molecule has 0 spiro atoms. The van der Waals surface area contributed by atoms with Gasteiger partial charge in [0, 0.05) is 0 Å². The second-order valence-electron chi connectivity index (χ2n) is 4.43. The lowest BCUT2D eigenvalue weighted by Crippen LogP contribution is -2.18. The number of carbonyl (C=O) groups is 2. The van der Waals surface area contributed by atoms with Crippen molar-refractivity contribution >= 4 is 11.9 Å². The Kier molecular flexibility index (Phi) is 7.13. The van der Waals surface area contributed by atoms with Crippen LogP contribution in [0.1, 0.15) is 33.1 Å². The minimum atomic E-state index is -1.74. The van der Waals surface area contributed by atoms with Crippen LogP contribution < -0.4 is 4.74 Å². The molecule has 0 amide bonds. The molecule has 0 saturated carbocycles. The molecule has 0 heterocycles. The number of ether oxygens (including phenoxy) is 2. The molecule has 7 heteroatoms. The average molecular weight is 328 g/mol.